The lowest BCUT2D eigenvalue weighted by Crippen LogP contribution is -2.38. The molecule has 0 radical (unpaired) electrons. The molecule has 2 nitrogen and oxygen atoms in total. The topological polar surface area (TPSA) is 38.9 Å². The second-order valence-electron chi connectivity index (χ2n) is 5.12. The van der Waals surface area contributed by atoms with E-state index in [-0.39, 0.29) is 5.54 Å². The summed E-state index contributed by atoms with van der Waals surface area (Å²) in [4.78, 5) is 4.35. The van der Waals surface area contributed by atoms with Gasteiger partial charge >= 0.3 is 0 Å². The predicted molar refractivity (Wildman–Crippen MR) is 70.7 cm³/mol. The van der Waals surface area contributed by atoms with Crippen molar-refractivity contribution in [2.24, 2.45) is 5.73 Å². The van der Waals surface area contributed by atoms with Crippen LogP contribution in [0.2, 0.25) is 0 Å². The van der Waals surface area contributed by atoms with E-state index >= 15 is 0 Å². The summed E-state index contributed by atoms with van der Waals surface area (Å²) < 4.78 is 0. The number of pyridine rings is 1. The lowest BCUT2D eigenvalue weighted by Gasteiger charge is -2.34. The Kier molecular flexibility index (Phi) is 2.60. The molecule has 2 N–H and O–H groups in total. The molecule has 3 rings (SSSR count). The zero-order valence-corrected chi connectivity index (χ0v) is 10.0. The number of fused-ring (bicyclic) bond motifs is 1. The highest BCUT2D eigenvalue weighted by molar-refractivity contribution is 5.85. The van der Waals surface area contributed by atoms with Gasteiger partial charge in [0, 0.05) is 23.3 Å². The second kappa shape index (κ2) is 4.11. The van der Waals surface area contributed by atoms with Crippen molar-refractivity contribution in [3.8, 4) is 0 Å². The van der Waals surface area contributed by atoms with Crippen molar-refractivity contribution in [1.29, 1.82) is 0 Å². The summed E-state index contributed by atoms with van der Waals surface area (Å²) in [6.07, 6.45) is 9.85. The van der Waals surface area contributed by atoms with Gasteiger partial charge in [0.15, 0.2) is 0 Å². The molecule has 2 aromatic rings. The summed E-state index contributed by atoms with van der Waals surface area (Å²) in [5.74, 6) is 0. The highest BCUT2D eigenvalue weighted by atomic mass is 14.8. The summed E-state index contributed by atoms with van der Waals surface area (Å²) in [6, 6.07) is 8.41. The number of hydrogen-bond donors (Lipinski definition) is 1. The number of benzene rings is 1. The highest BCUT2D eigenvalue weighted by Gasteiger charge is 2.30. The SMILES string of the molecule is NC1(c2cncc3ccccc23)CCCCC1. The third-order valence-corrected chi connectivity index (χ3v) is 3.95. The van der Waals surface area contributed by atoms with E-state index in [0.29, 0.717) is 0 Å². The Labute approximate surface area is 102 Å². The molecule has 1 aliphatic carbocycles. The van der Waals surface area contributed by atoms with Gasteiger partial charge in [0.05, 0.1) is 0 Å². The maximum atomic E-state index is 6.61. The lowest BCUT2D eigenvalue weighted by molar-refractivity contribution is 0.304. The molecule has 0 spiro atoms. The van der Waals surface area contributed by atoms with Gasteiger partial charge in [-0.05, 0) is 23.8 Å². The van der Waals surface area contributed by atoms with Crippen LogP contribution in [0, 0.1) is 0 Å². The van der Waals surface area contributed by atoms with Gasteiger partial charge in [-0.15, -0.1) is 0 Å². The quantitative estimate of drug-likeness (QED) is 0.809. The number of nitrogens with zero attached hydrogens (tertiary/aromatic N) is 1. The van der Waals surface area contributed by atoms with Crippen molar-refractivity contribution in [3.63, 3.8) is 0 Å². The number of nitrogens with two attached hydrogens (primary N) is 1. The van der Waals surface area contributed by atoms with Crippen molar-refractivity contribution < 1.29 is 0 Å². The molecule has 0 aliphatic heterocycles. The molecular formula is C15H18N2. The first-order chi connectivity index (χ1) is 8.30. The summed E-state index contributed by atoms with van der Waals surface area (Å²) in [7, 11) is 0. The summed E-state index contributed by atoms with van der Waals surface area (Å²) in [5, 5.41) is 2.47. The van der Waals surface area contributed by atoms with Gasteiger partial charge in [-0.3, -0.25) is 4.98 Å². The zero-order valence-electron chi connectivity index (χ0n) is 10.0. The van der Waals surface area contributed by atoms with E-state index in [2.05, 4.69) is 29.2 Å². The molecule has 1 saturated carbocycles. The van der Waals surface area contributed by atoms with Crippen LogP contribution < -0.4 is 5.73 Å². The van der Waals surface area contributed by atoms with E-state index in [9.17, 15) is 0 Å². The monoisotopic (exact) mass is 226 g/mol. The Hall–Kier alpha value is -1.41. The van der Waals surface area contributed by atoms with Crippen LogP contribution in [0.3, 0.4) is 0 Å². The molecule has 0 bridgehead atoms. The van der Waals surface area contributed by atoms with E-state index in [1.807, 2.05) is 12.4 Å². The fourth-order valence-corrected chi connectivity index (χ4v) is 2.97. The van der Waals surface area contributed by atoms with Crippen LogP contribution in [0.5, 0.6) is 0 Å². The molecule has 88 valence electrons. The smallest absolute Gasteiger partial charge is 0.0431 e. The summed E-state index contributed by atoms with van der Waals surface area (Å²) in [5.41, 5.74) is 7.68. The average Bonchev–Trinajstić information content (AvgIpc) is 2.39. The average molecular weight is 226 g/mol. The normalized spacial score (nSPS) is 19.4. The van der Waals surface area contributed by atoms with Crippen LogP contribution in [-0.4, -0.2) is 4.98 Å². The van der Waals surface area contributed by atoms with E-state index in [1.54, 1.807) is 0 Å². The molecule has 2 heteroatoms. The van der Waals surface area contributed by atoms with Crippen molar-refractivity contribution in [2.45, 2.75) is 37.6 Å². The Bertz CT molecular complexity index is 522. The maximum absolute atomic E-state index is 6.61. The van der Waals surface area contributed by atoms with E-state index < -0.39 is 0 Å². The van der Waals surface area contributed by atoms with Crippen molar-refractivity contribution in [3.05, 3.63) is 42.2 Å². The molecule has 17 heavy (non-hydrogen) atoms. The Morgan fingerprint density at radius 3 is 2.59 bits per heavy atom. The summed E-state index contributed by atoms with van der Waals surface area (Å²) >= 11 is 0. The van der Waals surface area contributed by atoms with Gasteiger partial charge in [-0.1, -0.05) is 43.5 Å². The highest BCUT2D eigenvalue weighted by Crippen LogP contribution is 2.37. The number of hydrogen-bond acceptors (Lipinski definition) is 2. The van der Waals surface area contributed by atoms with Crippen LogP contribution in [0.25, 0.3) is 10.8 Å². The molecule has 1 aliphatic rings. The zero-order chi connectivity index (χ0) is 11.7. The van der Waals surface area contributed by atoms with E-state index in [4.69, 9.17) is 5.73 Å². The molecule has 1 heterocycles. The molecule has 0 amide bonds. The first-order valence-corrected chi connectivity index (χ1v) is 6.42. The Balaban J connectivity index is 2.16. The van der Waals surface area contributed by atoms with Crippen LogP contribution in [0.4, 0.5) is 0 Å². The molecule has 0 saturated heterocycles. The van der Waals surface area contributed by atoms with Crippen molar-refractivity contribution >= 4 is 10.8 Å². The van der Waals surface area contributed by atoms with Crippen LogP contribution >= 0.6 is 0 Å². The minimum Gasteiger partial charge on any atom is -0.321 e. The van der Waals surface area contributed by atoms with E-state index in [1.165, 1.54) is 35.6 Å². The van der Waals surface area contributed by atoms with Gasteiger partial charge in [-0.2, -0.15) is 0 Å². The van der Waals surface area contributed by atoms with E-state index in [0.717, 1.165) is 12.8 Å². The van der Waals surface area contributed by atoms with Crippen LogP contribution in [0.1, 0.15) is 37.7 Å². The first-order valence-electron chi connectivity index (χ1n) is 6.42. The third-order valence-electron chi connectivity index (χ3n) is 3.95. The molecule has 1 fully saturated rings. The molecular weight excluding hydrogens is 208 g/mol. The third kappa shape index (κ3) is 1.83. The molecule has 0 atom stereocenters. The van der Waals surface area contributed by atoms with Crippen LogP contribution in [-0.2, 0) is 5.54 Å². The van der Waals surface area contributed by atoms with Gasteiger partial charge in [0.1, 0.15) is 0 Å². The minimum atomic E-state index is -0.161. The fourth-order valence-electron chi connectivity index (χ4n) is 2.97. The second-order valence-corrected chi connectivity index (χ2v) is 5.12. The van der Waals surface area contributed by atoms with Gasteiger partial charge in [-0.25, -0.2) is 0 Å². The predicted octanol–water partition coefficient (Wildman–Crippen LogP) is 3.35. The molecule has 1 aromatic heterocycles. The van der Waals surface area contributed by atoms with Crippen molar-refractivity contribution in [2.75, 3.05) is 0 Å². The van der Waals surface area contributed by atoms with Gasteiger partial charge in [0.2, 0.25) is 0 Å². The largest absolute Gasteiger partial charge is 0.321 e. The summed E-state index contributed by atoms with van der Waals surface area (Å²) in [6.45, 7) is 0. The first kappa shape index (κ1) is 10.7. The standard InChI is InChI=1S/C15H18N2/c16-15(8-4-1-5-9-15)14-11-17-10-12-6-2-3-7-13(12)14/h2-3,6-7,10-11H,1,4-5,8-9,16H2. The van der Waals surface area contributed by atoms with Crippen molar-refractivity contribution in [1.82, 2.24) is 4.98 Å². The lowest BCUT2D eigenvalue weighted by atomic mass is 9.76. The van der Waals surface area contributed by atoms with Gasteiger partial charge < -0.3 is 5.73 Å². The fraction of sp³-hybridized carbons (Fsp3) is 0.400. The van der Waals surface area contributed by atoms with Crippen LogP contribution in [0.15, 0.2) is 36.7 Å². The number of rotatable bonds is 1. The Morgan fingerprint density at radius 2 is 1.76 bits per heavy atom. The van der Waals surface area contributed by atoms with Gasteiger partial charge in [0.25, 0.3) is 0 Å². The maximum Gasteiger partial charge on any atom is 0.0431 e. The molecule has 1 aromatic carbocycles. The Morgan fingerprint density at radius 1 is 1.00 bits per heavy atom. The molecule has 0 unspecified atom stereocenters. The number of aromatic nitrogens is 1. The minimum absolute atomic E-state index is 0.161.